The van der Waals surface area contributed by atoms with Crippen LogP contribution in [0.5, 0.6) is 0 Å². The van der Waals surface area contributed by atoms with Gasteiger partial charge in [0.15, 0.2) is 5.76 Å². The molecule has 3 aromatic heterocycles. The first-order valence-electron chi connectivity index (χ1n) is 6.17. The minimum absolute atomic E-state index is 0.356. The average Bonchev–Trinajstić information content (AvgIpc) is 3.06. The van der Waals surface area contributed by atoms with Crippen molar-refractivity contribution in [3.63, 3.8) is 0 Å². The summed E-state index contributed by atoms with van der Waals surface area (Å²) in [5.74, 6) is 1.83. The van der Waals surface area contributed by atoms with Gasteiger partial charge in [-0.05, 0) is 31.2 Å². The number of anilines is 1. The van der Waals surface area contributed by atoms with Crippen molar-refractivity contribution in [3.8, 4) is 11.5 Å². The lowest BCUT2D eigenvalue weighted by atomic mass is 10.2. The Kier molecular flexibility index (Phi) is 3.20. The van der Waals surface area contributed by atoms with E-state index in [-0.39, 0.29) is 5.82 Å². The summed E-state index contributed by atoms with van der Waals surface area (Å²) in [7, 11) is 0. The third-order valence-corrected chi connectivity index (χ3v) is 2.89. The van der Waals surface area contributed by atoms with Gasteiger partial charge in [-0.3, -0.25) is 5.10 Å². The van der Waals surface area contributed by atoms with Crippen LogP contribution in [0, 0.1) is 12.7 Å². The Labute approximate surface area is 114 Å². The third-order valence-electron chi connectivity index (χ3n) is 2.89. The van der Waals surface area contributed by atoms with E-state index >= 15 is 0 Å². The molecule has 5 nitrogen and oxygen atoms in total. The molecule has 0 saturated heterocycles. The molecule has 3 rings (SSSR count). The molecule has 6 heteroatoms. The lowest BCUT2D eigenvalue weighted by molar-refractivity contribution is 0.545. The number of pyridine rings is 1. The summed E-state index contributed by atoms with van der Waals surface area (Å²) in [4.78, 5) is 3.94. The predicted octanol–water partition coefficient (Wildman–Crippen LogP) is 3.12. The van der Waals surface area contributed by atoms with E-state index in [2.05, 4.69) is 20.5 Å². The van der Waals surface area contributed by atoms with E-state index in [0.29, 0.717) is 12.4 Å². The molecule has 0 spiro atoms. The second-order valence-electron chi connectivity index (χ2n) is 4.40. The number of furan rings is 1. The van der Waals surface area contributed by atoms with Crippen molar-refractivity contribution in [3.05, 3.63) is 53.8 Å². The molecule has 0 aliphatic rings. The number of H-pyrrole nitrogens is 1. The SMILES string of the molecule is Cc1ccc(-c2[nH]ncc2CNc2ccc(F)cn2)o1. The van der Waals surface area contributed by atoms with Gasteiger partial charge in [0.05, 0.1) is 12.4 Å². The number of aromatic amines is 1. The molecule has 0 bridgehead atoms. The van der Waals surface area contributed by atoms with Crippen LogP contribution in [0.15, 0.2) is 41.1 Å². The molecule has 102 valence electrons. The fourth-order valence-corrected chi connectivity index (χ4v) is 1.89. The minimum Gasteiger partial charge on any atom is -0.460 e. The van der Waals surface area contributed by atoms with E-state index in [1.165, 1.54) is 12.3 Å². The standard InChI is InChI=1S/C14H13FN4O/c1-9-2-4-12(20-9)14-10(7-18-19-14)6-16-13-5-3-11(15)8-17-13/h2-5,7-8H,6H2,1H3,(H,16,17)(H,18,19). The highest BCUT2D eigenvalue weighted by Gasteiger charge is 2.11. The quantitative estimate of drug-likeness (QED) is 0.765. The van der Waals surface area contributed by atoms with Crippen LogP contribution in [0.25, 0.3) is 11.5 Å². The topological polar surface area (TPSA) is 66.7 Å². The van der Waals surface area contributed by atoms with Crippen LogP contribution in [0.3, 0.4) is 0 Å². The zero-order valence-corrected chi connectivity index (χ0v) is 10.9. The Morgan fingerprint density at radius 1 is 1.25 bits per heavy atom. The number of nitrogens with one attached hydrogen (secondary N) is 2. The van der Waals surface area contributed by atoms with Gasteiger partial charge in [-0.25, -0.2) is 9.37 Å². The first-order chi connectivity index (χ1) is 9.72. The summed E-state index contributed by atoms with van der Waals surface area (Å²) in [5, 5.41) is 10.1. The van der Waals surface area contributed by atoms with Crippen molar-refractivity contribution >= 4 is 5.82 Å². The van der Waals surface area contributed by atoms with Gasteiger partial charge in [-0.1, -0.05) is 0 Å². The van der Waals surface area contributed by atoms with Crippen molar-refractivity contribution < 1.29 is 8.81 Å². The van der Waals surface area contributed by atoms with Crippen molar-refractivity contribution in [2.24, 2.45) is 0 Å². The Bertz CT molecular complexity index is 702. The molecule has 0 aromatic carbocycles. The molecule has 2 N–H and O–H groups in total. The van der Waals surface area contributed by atoms with Gasteiger partial charge in [-0.15, -0.1) is 0 Å². The summed E-state index contributed by atoms with van der Waals surface area (Å²) in [5.41, 5.74) is 1.78. The van der Waals surface area contributed by atoms with Gasteiger partial charge in [0, 0.05) is 12.1 Å². The van der Waals surface area contributed by atoms with Crippen molar-refractivity contribution in [1.29, 1.82) is 0 Å². The predicted molar refractivity (Wildman–Crippen MR) is 72.5 cm³/mol. The Balaban J connectivity index is 1.75. The van der Waals surface area contributed by atoms with E-state index in [9.17, 15) is 4.39 Å². The maximum atomic E-state index is 12.8. The molecule has 0 amide bonds. The van der Waals surface area contributed by atoms with Crippen LogP contribution >= 0.6 is 0 Å². The smallest absolute Gasteiger partial charge is 0.152 e. The van der Waals surface area contributed by atoms with Crippen LogP contribution in [-0.4, -0.2) is 15.2 Å². The highest BCUT2D eigenvalue weighted by molar-refractivity contribution is 5.57. The van der Waals surface area contributed by atoms with Gasteiger partial charge in [0.1, 0.15) is 23.1 Å². The third kappa shape index (κ3) is 2.54. The van der Waals surface area contributed by atoms with Crippen LogP contribution in [0.4, 0.5) is 10.2 Å². The average molecular weight is 272 g/mol. The second-order valence-corrected chi connectivity index (χ2v) is 4.40. The molecule has 0 atom stereocenters. The van der Waals surface area contributed by atoms with Crippen LogP contribution in [0.2, 0.25) is 0 Å². The fraction of sp³-hybridized carbons (Fsp3) is 0.143. The summed E-state index contributed by atoms with van der Waals surface area (Å²) in [6, 6.07) is 6.74. The molecule has 0 aliphatic carbocycles. The first kappa shape index (κ1) is 12.4. The van der Waals surface area contributed by atoms with E-state index in [4.69, 9.17) is 4.42 Å². The number of nitrogens with zero attached hydrogens (tertiary/aromatic N) is 2. The Morgan fingerprint density at radius 3 is 2.85 bits per heavy atom. The highest BCUT2D eigenvalue weighted by Crippen LogP contribution is 2.23. The van der Waals surface area contributed by atoms with Crippen molar-refractivity contribution in [1.82, 2.24) is 15.2 Å². The van der Waals surface area contributed by atoms with Gasteiger partial charge >= 0.3 is 0 Å². The van der Waals surface area contributed by atoms with Gasteiger partial charge in [0.25, 0.3) is 0 Å². The summed E-state index contributed by atoms with van der Waals surface area (Å²) < 4.78 is 18.3. The maximum absolute atomic E-state index is 12.8. The van der Waals surface area contributed by atoms with E-state index in [0.717, 1.165) is 22.8 Å². The highest BCUT2D eigenvalue weighted by atomic mass is 19.1. The number of aromatic nitrogens is 3. The molecular formula is C14H13FN4O. The van der Waals surface area contributed by atoms with Crippen LogP contribution < -0.4 is 5.32 Å². The summed E-state index contributed by atoms with van der Waals surface area (Å²) >= 11 is 0. The number of hydrogen-bond donors (Lipinski definition) is 2. The summed E-state index contributed by atoms with van der Waals surface area (Å²) in [6.45, 7) is 2.41. The molecule has 3 aromatic rings. The van der Waals surface area contributed by atoms with E-state index in [1.807, 2.05) is 19.1 Å². The number of halogens is 1. The molecular weight excluding hydrogens is 259 g/mol. The number of rotatable bonds is 4. The molecule has 20 heavy (non-hydrogen) atoms. The van der Waals surface area contributed by atoms with Gasteiger partial charge < -0.3 is 9.73 Å². The minimum atomic E-state index is -0.356. The molecule has 0 fully saturated rings. The van der Waals surface area contributed by atoms with Crippen LogP contribution in [0.1, 0.15) is 11.3 Å². The van der Waals surface area contributed by atoms with Crippen molar-refractivity contribution in [2.75, 3.05) is 5.32 Å². The number of aryl methyl sites for hydroxylation is 1. The lowest BCUT2D eigenvalue weighted by Crippen LogP contribution is -2.01. The number of hydrogen-bond acceptors (Lipinski definition) is 4. The normalized spacial score (nSPS) is 10.7. The zero-order valence-electron chi connectivity index (χ0n) is 10.9. The van der Waals surface area contributed by atoms with Crippen molar-refractivity contribution in [2.45, 2.75) is 13.5 Å². The maximum Gasteiger partial charge on any atom is 0.152 e. The van der Waals surface area contributed by atoms with Crippen LogP contribution in [-0.2, 0) is 6.54 Å². The first-order valence-corrected chi connectivity index (χ1v) is 6.17. The van der Waals surface area contributed by atoms with E-state index in [1.54, 1.807) is 12.3 Å². The molecule has 0 radical (unpaired) electrons. The van der Waals surface area contributed by atoms with E-state index < -0.39 is 0 Å². The molecule has 3 heterocycles. The molecule has 0 saturated carbocycles. The monoisotopic (exact) mass is 272 g/mol. The van der Waals surface area contributed by atoms with Gasteiger partial charge in [0.2, 0.25) is 0 Å². The summed E-state index contributed by atoms with van der Waals surface area (Å²) in [6.07, 6.45) is 2.90. The zero-order chi connectivity index (χ0) is 13.9. The molecule has 0 unspecified atom stereocenters. The Hall–Kier alpha value is -2.63. The van der Waals surface area contributed by atoms with Gasteiger partial charge in [-0.2, -0.15) is 5.10 Å². The molecule has 0 aliphatic heterocycles. The lowest BCUT2D eigenvalue weighted by Gasteiger charge is -2.05. The largest absolute Gasteiger partial charge is 0.460 e. The fourth-order valence-electron chi connectivity index (χ4n) is 1.89. The second kappa shape index (κ2) is 5.16. The Morgan fingerprint density at radius 2 is 2.15 bits per heavy atom.